The lowest BCUT2D eigenvalue weighted by Gasteiger charge is -2.37. The predicted octanol–water partition coefficient (Wildman–Crippen LogP) is 1.22. The number of hydrogen-bond acceptors (Lipinski definition) is 8. The molecule has 2 aromatic heterocycles. The smallest absolute Gasteiger partial charge is 0.247 e. The Morgan fingerprint density at radius 2 is 2.00 bits per heavy atom. The molecule has 8 heteroatoms. The first-order chi connectivity index (χ1) is 11.8. The molecule has 24 heavy (non-hydrogen) atoms. The lowest BCUT2D eigenvalue weighted by atomic mass is 10.0. The normalized spacial score (nSPS) is 19.6. The number of aromatic nitrogens is 4. The third-order valence-electron chi connectivity index (χ3n) is 4.37. The second-order valence-corrected chi connectivity index (χ2v) is 5.95. The summed E-state index contributed by atoms with van der Waals surface area (Å²) in [7, 11) is 0. The summed E-state index contributed by atoms with van der Waals surface area (Å²) < 4.78 is 11.5. The van der Waals surface area contributed by atoms with Gasteiger partial charge in [-0.3, -0.25) is 4.98 Å². The van der Waals surface area contributed by atoms with Crippen LogP contribution >= 0.6 is 0 Å². The van der Waals surface area contributed by atoms with Crippen LogP contribution in [0.1, 0.15) is 18.4 Å². The van der Waals surface area contributed by atoms with Crippen LogP contribution in [-0.4, -0.2) is 52.3 Å². The van der Waals surface area contributed by atoms with Gasteiger partial charge in [0.05, 0.1) is 19.4 Å². The molecule has 0 saturated carbocycles. The van der Waals surface area contributed by atoms with E-state index >= 15 is 0 Å². The van der Waals surface area contributed by atoms with Gasteiger partial charge in [0.1, 0.15) is 0 Å². The summed E-state index contributed by atoms with van der Waals surface area (Å²) in [5.41, 5.74) is 1.09. The highest BCUT2D eigenvalue weighted by Gasteiger charge is 2.40. The van der Waals surface area contributed by atoms with E-state index in [1.807, 2.05) is 18.3 Å². The third-order valence-corrected chi connectivity index (χ3v) is 4.37. The summed E-state index contributed by atoms with van der Waals surface area (Å²) in [5.74, 6) is 0.955. The maximum Gasteiger partial charge on any atom is 0.247 e. The Bertz CT molecular complexity index is 667. The zero-order valence-corrected chi connectivity index (χ0v) is 13.4. The van der Waals surface area contributed by atoms with E-state index in [1.165, 1.54) is 0 Å². The van der Waals surface area contributed by atoms with Crippen molar-refractivity contribution in [1.82, 2.24) is 20.2 Å². The van der Waals surface area contributed by atoms with E-state index < -0.39 is 0 Å². The fourth-order valence-corrected chi connectivity index (χ4v) is 3.04. The molecule has 0 unspecified atom stereocenters. The van der Waals surface area contributed by atoms with E-state index in [2.05, 4.69) is 30.4 Å². The number of hydrogen-bond donors (Lipinski definition) is 1. The molecule has 0 aromatic carbocycles. The van der Waals surface area contributed by atoms with Crippen LogP contribution in [0, 0.1) is 0 Å². The van der Waals surface area contributed by atoms with E-state index in [4.69, 9.17) is 9.47 Å². The molecular weight excluding hydrogens is 308 g/mol. The number of nitrogens with one attached hydrogen (secondary N) is 1. The fraction of sp³-hybridized carbons (Fsp3) is 0.500. The van der Waals surface area contributed by atoms with Gasteiger partial charge in [-0.2, -0.15) is 10.1 Å². The number of pyridine rings is 1. The zero-order valence-electron chi connectivity index (χ0n) is 13.4. The summed E-state index contributed by atoms with van der Waals surface area (Å²) in [6, 6.07) is 3.93. The molecule has 0 atom stereocenters. The average Bonchev–Trinajstić information content (AvgIpc) is 3.10. The van der Waals surface area contributed by atoms with Crippen LogP contribution in [0.4, 0.5) is 11.8 Å². The van der Waals surface area contributed by atoms with Gasteiger partial charge in [-0.25, -0.2) is 0 Å². The van der Waals surface area contributed by atoms with Gasteiger partial charge < -0.3 is 19.7 Å². The third kappa shape index (κ3) is 3.29. The zero-order chi connectivity index (χ0) is 16.2. The molecular formula is C16H20N6O2. The first-order valence-electron chi connectivity index (χ1n) is 8.18. The van der Waals surface area contributed by atoms with Gasteiger partial charge in [-0.15, -0.1) is 5.10 Å². The van der Waals surface area contributed by atoms with Crippen molar-refractivity contribution >= 4 is 11.8 Å². The Labute approximate surface area is 140 Å². The standard InChI is InChI=1S/C16H20N6O2/c1-2-13(10-17-5-1)11-18-14-12-19-21-15(20-14)22-6-3-16(4-7-22)23-8-9-24-16/h1-2,5,10,12H,3-4,6-9,11H2,(H,18,20,21). The van der Waals surface area contributed by atoms with E-state index in [1.54, 1.807) is 12.4 Å². The first kappa shape index (κ1) is 15.2. The first-order valence-corrected chi connectivity index (χ1v) is 8.18. The molecule has 2 aliphatic heterocycles. The van der Waals surface area contributed by atoms with Crippen LogP contribution in [0.3, 0.4) is 0 Å². The summed E-state index contributed by atoms with van der Waals surface area (Å²) in [6.45, 7) is 3.62. The Morgan fingerprint density at radius 1 is 1.17 bits per heavy atom. The van der Waals surface area contributed by atoms with Crippen LogP contribution in [-0.2, 0) is 16.0 Å². The number of piperidine rings is 1. The van der Waals surface area contributed by atoms with Gasteiger partial charge in [0.2, 0.25) is 5.95 Å². The van der Waals surface area contributed by atoms with E-state index in [0.717, 1.165) is 31.5 Å². The Balaban J connectivity index is 1.38. The molecule has 0 bridgehead atoms. The average molecular weight is 328 g/mol. The molecule has 0 radical (unpaired) electrons. The van der Waals surface area contributed by atoms with Crippen molar-refractivity contribution in [2.24, 2.45) is 0 Å². The minimum Gasteiger partial charge on any atom is -0.364 e. The highest BCUT2D eigenvalue weighted by molar-refractivity contribution is 5.39. The summed E-state index contributed by atoms with van der Waals surface area (Å²) >= 11 is 0. The molecule has 2 aromatic rings. The molecule has 0 aliphatic carbocycles. The fourth-order valence-electron chi connectivity index (χ4n) is 3.04. The molecule has 4 rings (SSSR count). The van der Waals surface area contributed by atoms with E-state index in [-0.39, 0.29) is 5.79 Å². The number of anilines is 2. The van der Waals surface area contributed by atoms with Gasteiger partial charge in [0.15, 0.2) is 11.6 Å². The second-order valence-electron chi connectivity index (χ2n) is 5.95. The molecule has 2 fully saturated rings. The van der Waals surface area contributed by atoms with E-state index in [0.29, 0.717) is 31.5 Å². The molecule has 0 amide bonds. The Kier molecular flexibility index (Phi) is 4.22. The van der Waals surface area contributed by atoms with Gasteiger partial charge in [0, 0.05) is 44.9 Å². The quantitative estimate of drug-likeness (QED) is 0.897. The molecule has 2 aliphatic rings. The lowest BCUT2D eigenvalue weighted by molar-refractivity contribution is -0.169. The van der Waals surface area contributed by atoms with Crippen molar-refractivity contribution in [3.05, 3.63) is 36.3 Å². The number of rotatable bonds is 4. The predicted molar refractivity (Wildman–Crippen MR) is 87.5 cm³/mol. The maximum absolute atomic E-state index is 5.75. The summed E-state index contributed by atoms with van der Waals surface area (Å²) in [5, 5.41) is 11.5. The van der Waals surface area contributed by atoms with Crippen molar-refractivity contribution in [3.63, 3.8) is 0 Å². The van der Waals surface area contributed by atoms with Crippen molar-refractivity contribution in [2.75, 3.05) is 36.5 Å². The van der Waals surface area contributed by atoms with Crippen LogP contribution in [0.2, 0.25) is 0 Å². The van der Waals surface area contributed by atoms with Crippen LogP contribution in [0.25, 0.3) is 0 Å². The van der Waals surface area contributed by atoms with Crippen molar-refractivity contribution < 1.29 is 9.47 Å². The Hall–Kier alpha value is -2.32. The molecule has 1 spiro atoms. The highest BCUT2D eigenvalue weighted by atomic mass is 16.7. The number of nitrogens with zero attached hydrogens (tertiary/aromatic N) is 5. The minimum absolute atomic E-state index is 0.389. The summed E-state index contributed by atoms with van der Waals surface area (Å²) in [4.78, 5) is 10.8. The SMILES string of the molecule is c1cncc(CNc2cnnc(N3CCC4(CC3)OCCO4)n2)c1. The molecule has 4 heterocycles. The van der Waals surface area contributed by atoms with Gasteiger partial charge >= 0.3 is 0 Å². The lowest BCUT2D eigenvalue weighted by Crippen LogP contribution is -2.45. The van der Waals surface area contributed by atoms with Gasteiger partial charge in [0.25, 0.3) is 0 Å². The molecule has 2 saturated heterocycles. The largest absolute Gasteiger partial charge is 0.364 e. The van der Waals surface area contributed by atoms with Crippen LogP contribution in [0.15, 0.2) is 30.7 Å². The Morgan fingerprint density at radius 3 is 2.75 bits per heavy atom. The molecule has 1 N–H and O–H groups in total. The second kappa shape index (κ2) is 6.66. The van der Waals surface area contributed by atoms with Gasteiger partial charge in [-0.05, 0) is 11.6 Å². The maximum atomic E-state index is 5.75. The summed E-state index contributed by atoms with van der Waals surface area (Å²) in [6.07, 6.45) is 6.87. The number of ether oxygens (including phenoxy) is 2. The highest BCUT2D eigenvalue weighted by Crippen LogP contribution is 2.32. The van der Waals surface area contributed by atoms with Crippen molar-refractivity contribution in [2.45, 2.75) is 25.2 Å². The van der Waals surface area contributed by atoms with Crippen molar-refractivity contribution in [3.8, 4) is 0 Å². The molecule has 8 nitrogen and oxygen atoms in total. The molecule has 126 valence electrons. The van der Waals surface area contributed by atoms with E-state index in [9.17, 15) is 0 Å². The monoisotopic (exact) mass is 328 g/mol. The van der Waals surface area contributed by atoms with Crippen LogP contribution in [0.5, 0.6) is 0 Å². The minimum atomic E-state index is -0.389. The van der Waals surface area contributed by atoms with Crippen LogP contribution < -0.4 is 10.2 Å². The van der Waals surface area contributed by atoms with Crippen molar-refractivity contribution in [1.29, 1.82) is 0 Å². The topological polar surface area (TPSA) is 85.3 Å². The van der Waals surface area contributed by atoms with Gasteiger partial charge in [-0.1, -0.05) is 6.07 Å².